The molecule has 1 amide bonds. The summed E-state index contributed by atoms with van der Waals surface area (Å²) in [4.78, 5) is 12.5. The van der Waals surface area contributed by atoms with Gasteiger partial charge < -0.3 is 20.6 Å². The van der Waals surface area contributed by atoms with Crippen molar-refractivity contribution < 1.29 is 20.1 Å². The van der Waals surface area contributed by atoms with Gasteiger partial charge in [0.15, 0.2) is 0 Å². The molecule has 0 saturated heterocycles. The fourth-order valence-corrected chi connectivity index (χ4v) is 9.48. The van der Waals surface area contributed by atoms with Crippen LogP contribution in [0.25, 0.3) is 0 Å². The molecule has 0 fully saturated rings. The zero-order valence-electron chi connectivity index (χ0n) is 44.1. The first-order valence-corrected chi connectivity index (χ1v) is 29.6. The number of aliphatic hydroxyl groups excluding tert-OH is 3. The van der Waals surface area contributed by atoms with Crippen LogP contribution in [-0.4, -0.2) is 46.1 Å². The largest absolute Gasteiger partial charge is 0.394 e. The third kappa shape index (κ3) is 52.1. The highest BCUT2D eigenvalue weighted by molar-refractivity contribution is 5.76. The number of carbonyl (C=O) groups is 1. The SMILES string of the molecule is CCCCCCCCC/C=C/CC/C=C/C(O)C(CO)NC(=O)CC(O)CCCCCCCCCCCCCCCCCCCCCCCCCCCCCCCCCCCCCCC. The first-order valence-electron chi connectivity index (χ1n) is 29.6. The van der Waals surface area contributed by atoms with Crippen LogP contribution in [0.1, 0.15) is 328 Å². The number of rotatable bonds is 55. The van der Waals surface area contributed by atoms with Crippen LogP contribution < -0.4 is 5.32 Å². The van der Waals surface area contributed by atoms with E-state index in [1.165, 1.54) is 270 Å². The Morgan fingerprint density at radius 3 is 0.985 bits per heavy atom. The minimum Gasteiger partial charge on any atom is -0.394 e. The standard InChI is InChI=1S/C60H117NO4/c1-3-5-7-9-11-13-15-17-18-19-20-21-22-23-24-25-26-27-28-29-30-31-32-33-34-35-36-37-38-39-40-42-43-45-47-49-51-53-57(63)55-60(65)61-58(56-62)59(64)54-52-50-48-46-44-41-16-14-12-10-8-6-4-2/h44,46,52,54,57-59,62-64H,3-43,45,47-51,53,55-56H2,1-2H3,(H,61,65)/b46-44+,54-52+. The topological polar surface area (TPSA) is 89.8 Å². The van der Waals surface area contributed by atoms with E-state index in [0.717, 1.165) is 32.1 Å². The molecule has 5 heteroatoms. The highest BCUT2D eigenvalue weighted by atomic mass is 16.3. The van der Waals surface area contributed by atoms with E-state index in [0.29, 0.717) is 6.42 Å². The summed E-state index contributed by atoms with van der Waals surface area (Å²) in [6.07, 6.45) is 71.2. The van der Waals surface area contributed by atoms with Gasteiger partial charge in [0, 0.05) is 0 Å². The second kappa shape index (κ2) is 55.4. The summed E-state index contributed by atoms with van der Waals surface area (Å²) in [5.74, 6) is -0.321. The molecule has 0 aliphatic carbocycles. The Kier molecular flexibility index (Phi) is 54.4. The lowest BCUT2D eigenvalue weighted by Crippen LogP contribution is -2.45. The van der Waals surface area contributed by atoms with Gasteiger partial charge in [0.25, 0.3) is 0 Å². The van der Waals surface area contributed by atoms with Crippen LogP contribution in [0, 0.1) is 0 Å². The molecule has 5 nitrogen and oxygen atoms in total. The number of aliphatic hydroxyl groups is 3. The average molecular weight is 917 g/mol. The molecule has 65 heavy (non-hydrogen) atoms. The van der Waals surface area contributed by atoms with Gasteiger partial charge in [-0.05, 0) is 32.1 Å². The van der Waals surface area contributed by atoms with Crippen molar-refractivity contribution in [3.8, 4) is 0 Å². The molecule has 0 aromatic carbocycles. The molecule has 3 atom stereocenters. The highest BCUT2D eigenvalue weighted by Gasteiger charge is 2.20. The van der Waals surface area contributed by atoms with Crippen molar-refractivity contribution >= 4 is 5.91 Å². The average Bonchev–Trinajstić information content (AvgIpc) is 3.30. The normalized spacial score (nSPS) is 13.4. The Labute approximate surface area is 407 Å². The van der Waals surface area contributed by atoms with Gasteiger partial charge >= 0.3 is 0 Å². The highest BCUT2D eigenvalue weighted by Crippen LogP contribution is 2.18. The molecular weight excluding hydrogens is 799 g/mol. The van der Waals surface area contributed by atoms with Gasteiger partial charge in [0.1, 0.15) is 0 Å². The fourth-order valence-electron chi connectivity index (χ4n) is 9.48. The molecule has 0 heterocycles. The predicted octanol–water partition coefficient (Wildman–Crippen LogP) is 18.5. The summed E-state index contributed by atoms with van der Waals surface area (Å²) < 4.78 is 0. The van der Waals surface area contributed by atoms with Crippen LogP contribution in [0.4, 0.5) is 0 Å². The van der Waals surface area contributed by atoms with E-state index < -0.39 is 18.2 Å². The van der Waals surface area contributed by atoms with Crippen molar-refractivity contribution in [3.05, 3.63) is 24.3 Å². The third-order valence-corrected chi connectivity index (χ3v) is 14.0. The van der Waals surface area contributed by atoms with Crippen LogP contribution >= 0.6 is 0 Å². The number of amides is 1. The lowest BCUT2D eigenvalue weighted by molar-refractivity contribution is -0.124. The van der Waals surface area contributed by atoms with Crippen molar-refractivity contribution in [2.75, 3.05) is 6.61 Å². The second-order valence-electron chi connectivity index (χ2n) is 20.6. The maximum Gasteiger partial charge on any atom is 0.222 e. The number of hydrogen-bond donors (Lipinski definition) is 4. The fraction of sp³-hybridized carbons (Fsp3) is 0.917. The van der Waals surface area contributed by atoms with E-state index in [9.17, 15) is 20.1 Å². The van der Waals surface area contributed by atoms with Crippen LogP contribution in [0.2, 0.25) is 0 Å². The molecule has 0 spiro atoms. The summed E-state index contributed by atoms with van der Waals surface area (Å²) in [7, 11) is 0. The first-order chi connectivity index (χ1) is 32.0. The van der Waals surface area contributed by atoms with Crippen molar-refractivity contribution in [1.82, 2.24) is 5.32 Å². The van der Waals surface area contributed by atoms with Crippen molar-refractivity contribution in [2.24, 2.45) is 0 Å². The Hall–Kier alpha value is -1.17. The molecular formula is C60H117NO4. The quantitative estimate of drug-likeness (QED) is 0.0361. The Morgan fingerprint density at radius 2 is 0.662 bits per heavy atom. The maximum atomic E-state index is 12.5. The Balaban J connectivity index is 3.42. The first kappa shape index (κ1) is 63.8. The molecule has 0 aromatic rings. The van der Waals surface area contributed by atoms with Gasteiger partial charge in [-0.25, -0.2) is 0 Å². The van der Waals surface area contributed by atoms with Crippen LogP contribution in [-0.2, 0) is 4.79 Å². The van der Waals surface area contributed by atoms with E-state index >= 15 is 0 Å². The lowest BCUT2D eigenvalue weighted by Gasteiger charge is -2.21. The van der Waals surface area contributed by atoms with Gasteiger partial charge in [0.2, 0.25) is 5.91 Å². The monoisotopic (exact) mass is 916 g/mol. The van der Waals surface area contributed by atoms with Crippen LogP contribution in [0.15, 0.2) is 24.3 Å². The molecule has 0 rings (SSSR count). The number of allylic oxidation sites excluding steroid dienone is 3. The molecule has 0 radical (unpaired) electrons. The lowest BCUT2D eigenvalue weighted by atomic mass is 10.0. The molecule has 4 N–H and O–H groups in total. The summed E-state index contributed by atoms with van der Waals surface area (Å²) in [6, 6.07) is -0.758. The van der Waals surface area contributed by atoms with E-state index in [-0.39, 0.29) is 18.9 Å². The molecule has 0 aromatic heterocycles. The number of carbonyl (C=O) groups excluding carboxylic acids is 1. The minimum absolute atomic E-state index is 0.0101. The number of nitrogens with one attached hydrogen (secondary N) is 1. The maximum absolute atomic E-state index is 12.5. The summed E-state index contributed by atoms with van der Waals surface area (Å²) in [6.45, 7) is 4.22. The predicted molar refractivity (Wildman–Crippen MR) is 287 cm³/mol. The van der Waals surface area contributed by atoms with E-state index in [2.05, 4.69) is 31.3 Å². The molecule has 3 unspecified atom stereocenters. The van der Waals surface area contributed by atoms with Crippen molar-refractivity contribution in [2.45, 2.75) is 347 Å². The number of hydrogen-bond acceptors (Lipinski definition) is 4. The van der Waals surface area contributed by atoms with E-state index in [1.54, 1.807) is 6.08 Å². The number of unbranched alkanes of at least 4 members (excludes halogenated alkanes) is 44. The van der Waals surface area contributed by atoms with Crippen LogP contribution in [0.5, 0.6) is 0 Å². The zero-order chi connectivity index (χ0) is 47.2. The Bertz CT molecular complexity index is 967. The molecule has 0 bridgehead atoms. The minimum atomic E-state index is -0.949. The second-order valence-corrected chi connectivity index (χ2v) is 20.6. The molecule has 0 saturated carbocycles. The van der Waals surface area contributed by atoms with E-state index in [1.807, 2.05) is 6.08 Å². The molecule has 386 valence electrons. The van der Waals surface area contributed by atoms with E-state index in [4.69, 9.17) is 0 Å². The summed E-state index contributed by atoms with van der Waals surface area (Å²) in [5.41, 5.74) is 0. The van der Waals surface area contributed by atoms with Gasteiger partial charge in [-0.15, -0.1) is 0 Å². The molecule has 0 aliphatic heterocycles. The smallest absolute Gasteiger partial charge is 0.222 e. The molecule has 0 aliphatic rings. The van der Waals surface area contributed by atoms with Gasteiger partial charge in [-0.1, -0.05) is 314 Å². The Morgan fingerprint density at radius 1 is 0.385 bits per heavy atom. The van der Waals surface area contributed by atoms with Crippen molar-refractivity contribution in [3.63, 3.8) is 0 Å². The zero-order valence-corrected chi connectivity index (χ0v) is 44.1. The summed E-state index contributed by atoms with van der Waals surface area (Å²) >= 11 is 0. The van der Waals surface area contributed by atoms with Crippen LogP contribution in [0.3, 0.4) is 0 Å². The van der Waals surface area contributed by atoms with Gasteiger partial charge in [0.05, 0.1) is 31.3 Å². The van der Waals surface area contributed by atoms with Gasteiger partial charge in [-0.2, -0.15) is 0 Å². The third-order valence-electron chi connectivity index (χ3n) is 14.0. The van der Waals surface area contributed by atoms with Crippen molar-refractivity contribution in [1.29, 1.82) is 0 Å². The van der Waals surface area contributed by atoms with Gasteiger partial charge in [-0.3, -0.25) is 4.79 Å². The summed E-state index contributed by atoms with van der Waals surface area (Å²) in [5, 5.41) is 33.3.